The molecule has 0 saturated heterocycles. The van der Waals surface area contributed by atoms with E-state index in [1.807, 2.05) is 0 Å². The zero-order valence-corrected chi connectivity index (χ0v) is 10.2. The maximum atomic E-state index is 3.65. The highest BCUT2D eigenvalue weighted by molar-refractivity contribution is 7.99. The van der Waals surface area contributed by atoms with E-state index in [-0.39, 0.29) is 0 Å². The van der Waals surface area contributed by atoms with Crippen LogP contribution in [0.5, 0.6) is 0 Å². The Bertz CT molecular complexity index is 156. The zero-order chi connectivity index (χ0) is 9.90. The number of hydrogen-bond donors (Lipinski definition) is 1. The molecule has 2 heteroatoms. The molecule has 0 aromatic carbocycles. The summed E-state index contributed by atoms with van der Waals surface area (Å²) >= 11 is 2.13. The Labute approximate surface area is 87.1 Å². The molecule has 0 amide bonds. The van der Waals surface area contributed by atoms with Crippen molar-refractivity contribution in [2.24, 2.45) is 5.41 Å². The highest BCUT2D eigenvalue weighted by atomic mass is 32.2. The van der Waals surface area contributed by atoms with Gasteiger partial charge < -0.3 is 5.32 Å². The zero-order valence-electron chi connectivity index (χ0n) is 9.39. The number of hydrogen-bond acceptors (Lipinski definition) is 2. The molecule has 1 nitrogen and oxygen atoms in total. The van der Waals surface area contributed by atoms with Crippen LogP contribution in [0.2, 0.25) is 0 Å². The summed E-state index contributed by atoms with van der Waals surface area (Å²) in [6.45, 7) is 10.4. The van der Waals surface area contributed by atoms with Crippen molar-refractivity contribution < 1.29 is 0 Å². The minimum Gasteiger partial charge on any atom is -0.313 e. The molecular formula is C11H23NS. The molecule has 13 heavy (non-hydrogen) atoms. The molecule has 1 rings (SSSR count). The lowest BCUT2D eigenvalue weighted by molar-refractivity contribution is 0.290. The predicted octanol–water partition coefficient (Wildman–Crippen LogP) is 2.91. The Balaban J connectivity index is 2.56. The maximum Gasteiger partial charge on any atom is 0.0237 e. The van der Waals surface area contributed by atoms with Gasteiger partial charge in [0, 0.05) is 11.3 Å². The van der Waals surface area contributed by atoms with Crippen LogP contribution >= 0.6 is 11.8 Å². The first-order valence-corrected chi connectivity index (χ1v) is 6.51. The molecule has 1 aliphatic rings. The van der Waals surface area contributed by atoms with Gasteiger partial charge in [-0.15, -0.1) is 0 Å². The van der Waals surface area contributed by atoms with Gasteiger partial charge in [-0.25, -0.2) is 0 Å². The Morgan fingerprint density at radius 3 is 2.62 bits per heavy atom. The van der Waals surface area contributed by atoms with Gasteiger partial charge in [-0.2, -0.15) is 11.8 Å². The first-order chi connectivity index (χ1) is 6.11. The van der Waals surface area contributed by atoms with Crippen LogP contribution in [-0.2, 0) is 0 Å². The average molecular weight is 201 g/mol. The Kier molecular flexibility index (Phi) is 4.11. The molecule has 2 unspecified atom stereocenters. The molecule has 0 aromatic rings. The van der Waals surface area contributed by atoms with Gasteiger partial charge in [-0.3, -0.25) is 0 Å². The second kappa shape index (κ2) is 4.70. The van der Waals surface area contributed by atoms with E-state index in [2.05, 4.69) is 44.8 Å². The molecular weight excluding hydrogens is 178 g/mol. The van der Waals surface area contributed by atoms with Gasteiger partial charge >= 0.3 is 0 Å². The van der Waals surface area contributed by atoms with Crippen molar-refractivity contribution in [1.82, 2.24) is 5.32 Å². The summed E-state index contributed by atoms with van der Waals surface area (Å²) in [6, 6.07) is 0.724. The minimum absolute atomic E-state index is 0.503. The van der Waals surface area contributed by atoms with Gasteiger partial charge in [0.25, 0.3) is 0 Å². The highest BCUT2D eigenvalue weighted by Crippen LogP contribution is 2.42. The third kappa shape index (κ3) is 2.63. The molecule has 0 aliphatic heterocycles. The van der Waals surface area contributed by atoms with Gasteiger partial charge in [0.2, 0.25) is 0 Å². The summed E-state index contributed by atoms with van der Waals surface area (Å²) in [7, 11) is 0. The Morgan fingerprint density at radius 1 is 1.38 bits per heavy atom. The highest BCUT2D eigenvalue weighted by Gasteiger charge is 2.40. The molecule has 0 radical (unpaired) electrons. The number of nitrogens with one attached hydrogen (secondary N) is 1. The van der Waals surface area contributed by atoms with Crippen molar-refractivity contribution >= 4 is 11.8 Å². The monoisotopic (exact) mass is 201 g/mol. The molecule has 78 valence electrons. The average Bonchev–Trinajstić information content (AvgIpc) is 2.33. The van der Waals surface area contributed by atoms with Crippen LogP contribution in [0.1, 0.15) is 40.5 Å². The van der Waals surface area contributed by atoms with Crippen LogP contribution < -0.4 is 5.32 Å². The molecule has 1 saturated carbocycles. The summed E-state index contributed by atoms with van der Waals surface area (Å²) in [6.07, 6.45) is 2.77. The first-order valence-electron chi connectivity index (χ1n) is 5.46. The van der Waals surface area contributed by atoms with E-state index in [4.69, 9.17) is 0 Å². The van der Waals surface area contributed by atoms with Crippen molar-refractivity contribution in [2.75, 3.05) is 12.3 Å². The summed E-state index contributed by atoms with van der Waals surface area (Å²) in [4.78, 5) is 0. The number of rotatable bonds is 4. The van der Waals surface area contributed by atoms with E-state index in [1.165, 1.54) is 18.6 Å². The van der Waals surface area contributed by atoms with Crippen molar-refractivity contribution in [2.45, 2.75) is 51.8 Å². The van der Waals surface area contributed by atoms with Crippen molar-refractivity contribution in [1.29, 1.82) is 0 Å². The maximum absolute atomic E-state index is 3.65. The van der Waals surface area contributed by atoms with Crippen LogP contribution in [0.25, 0.3) is 0 Å². The third-order valence-electron chi connectivity index (χ3n) is 3.09. The molecule has 0 spiro atoms. The lowest BCUT2D eigenvalue weighted by Crippen LogP contribution is -2.43. The van der Waals surface area contributed by atoms with Crippen molar-refractivity contribution in [3.63, 3.8) is 0 Å². The molecule has 0 aromatic heterocycles. The van der Waals surface area contributed by atoms with Crippen LogP contribution in [0.3, 0.4) is 0 Å². The smallest absolute Gasteiger partial charge is 0.0237 e. The quantitative estimate of drug-likeness (QED) is 0.750. The van der Waals surface area contributed by atoms with Gasteiger partial charge in [0.05, 0.1) is 0 Å². The van der Waals surface area contributed by atoms with E-state index < -0.39 is 0 Å². The largest absolute Gasteiger partial charge is 0.313 e. The lowest BCUT2D eigenvalue weighted by atomic mass is 9.87. The van der Waals surface area contributed by atoms with Crippen LogP contribution in [-0.4, -0.2) is 23.6 Å². The van der Waals surface area contributed by atoms with Crippen molar-refractivity contribution in [3.05, 3.63) is 0 Å². The topological polar surface area (TPSA) is 12.0 Å². The van der Waals surface area contributed by atoms with Gasteiger partial charge in [0.15, 0.2) is 0 Å². The third-order valence-corrected chi connectivity index (χ3v) is 4.36. The summed E-state index contributed by atoms with van der Waals surface area (Å²) in [5.74, 6) is 1.25. The summed E-state index contributed by atoms with van der Waals surface area (Å²) in [5.41, 5.74) is 0.503. The second-order valence-corrected chi connectivity index (χ2v) is 6.07. The van der Waals surface area contributed by atoms with E-state index in [1.54, 1.807) is 0 Å². The minimum atomic E-state index is 0.503. The van der Waals surface area contributed by atoms with Crippen LogP contribution in [0.15, 0.2) is 0 Å². The Hall–Kier alpha value is 0.310. The van der Waals surface area contributed by atoms with Crippen molar-refractivity contribution in [3.8, 4) is 0 Å². The molecule has 0 bridgehead atoms. The van der Waals surface area contributed by atoms with Crippen LogP contribution in [0.4, 0.5) is 0 Å². The number of thioether (sulfide) groups is 1. The molecule has 2 atom stereocenters. The Morgan fingerprint density at radius 2 is 2.08 bits per heavy atom. The lowest BCUT2D eigenvalue weighted by Gasteiger charge is -2.31. The fourth-order valence-electron chi connectivity index (χ4n) is 2.36. The van der Waals surface area contributed by atoms with E-state index in [0.717, 1.165) is 17.8 Å². The van der Waals surface area contributed by atoms with Gasteiger partial charge in [0.1, 0.15) is 0 Å². The summed E-state index contributed by atoms with van der Waals surface area (Å²) < 4.78 is 0. The SMILES string of the molecule is CCNC1C(SCC)CCC1(C)C. The fourth-order valence-corrected chi connectivity index (χ4v) is 3.73. The summed E-state index contributed by atoms with van der Waals surface area (Å²) in [5, 5.41) is 4.50. The first kappa shape index (κ1) is 11.4. The van der Waals surface area contributed by atoms with E-state index in [0.29, 0.717) is 5.41 Å². The standard InChI is InChI=1S/C11H23NS/c1-5-12-10-9(13-6-2)7-8-11(10,3)4/h9-10,12H,5-8H2,1-4H3. The van der Waals surface area contributed by atoms with E-state index in [9.17, 15) is 0 Å². The van der Waals surface area contributed by atoms with Gasteiger partial charge in [-0.1, -0.05) is 27.7 Å². The second-order valence-electron chi connectivity index (χ2n) is 4.56. The van der Waals surface area contributed by atoms with Gasteiger partial charge in [-0.05, 0) is 30.6 Å². The molecule has 1 aliphatic carbocycles. The molecule has 1 N–H and O–H groups in total. The van der Waals surface area contributed by atoms with Crippen LogP contribution in [0, 0.1) is 5.41 Å². The van der Waals surface area contributed by atoms with E-state index >= 15 is 0 Å². The normalized spacial score (nSPS) is 32.3. The predicted molar refractivity (Wildman–Crippen MR) is 62.4 cm³/mol. The molecule has 0 heterocycles. The molecule has 1 fully saturated rings. The fraction of sp³-hybridized carbons (Fsp3) is 1.00.